The Bertz CT molecular complexity index is 847. The summed E-state index contributed by atoms with van der Waals surface area (Å²) in [5.74, 6) is 0. The molecule has 3 aromatic rings. The molecule has 0 saturated heterocycles. The Kier molecular flexibility index (Phi) is 5.77. The van der Waals surface area contributed by atoms with Gasteiger partial charge >= 0.3 is 0 Å². The largest absolute Gasteiger partial charge is 0.302 e. The molecule has 0 bridgehead atoms. The van der Waals surface area contributed by atoms with Crippen LogP contribution in [-0.4, -0.2) is 0 Å². The fourth-order valence-electron chi connectivity index (χ4n) is 2.78. The van der Waals surface area contributed by atoms with Crippen LogP contribution in [0.25, 0.3) is 6.08 Å². The Morgan fingerprint density at radius 3 is 2.00 bits per heavy atom. The van der Waals surface area contributed by atoms with Crippen LogP contribution in [0, 0.1) is 11.3 Å². The van der Waals surface area contributed by atoms with Crippen molar-refractivity contribution in [3.8, 4) is 6.07 Å². The first-order valence-corrected chi connectivity index (χ1v) is 8.36. The second-order valence-electron chi connectivity index (χ2n) is 5.83. The molecule has 1 N–H and O–H groups in total. The van der Waals surface area contributed by atoms with Gasteiger partial charge in [-0.1, -0.05) is 91.0 Å². The van der Waals surface area contributed by atoms with E-state index >= 15 is 0 Å². The van der Waals surface area contributed by atoms with Crippen molar-refractivity contribution in [3.63, 3.8) is 0 Å². The molecule has 3 aromatic carbocycles. The van der Waals surface area contributed by atoms with E-state index in [1.807, 2.05) is 72.8 Å². The summed E-state index contributed by atoms with van der Waals surface area (Å²) in [5, 5.41) is 13.3. The van der Waals surface area contributed by atoms with Gasteiger partial charge < -0.3 is 5.32 Å². The number of hydrogen-bond donors (Lipinski definition) is 1. The van der Waals surface area contributed by atoms with Crippen molar-refractivity contribution in [2.45, 2.75) is 12.6 Å². The van der Waals surface area contributed by atoms with E-state index in [0.717, 1.165) is 11.1 Å². The summed E-state index contributed by atoms with van der Waals surface area (Å²) in [6, 6.07) is 32.5. The van der Waals surface area contributed by atoms with Crippen molar-refractivity contribution in [2.24, 2.45) is 0 Å². The smallest absolute Gasteiger partial charge is 0.0967 e. The number of benzene rings is 3. The van der Waals surface area contributed by atoms with Crippen LogP contribution >= 0.6 is 0 Å². The molecule has 0 amide bonds. The van der Waals surface area contributed by atoms with E-state index < -0.39 is 0 Å². The van der Waals surface area contributed by atoms with Crippen molar-refractivity contribution in [1.82, 2.24) is 5.32 Å². The summed E-state index contributed by atoms with van der Waals surface area (Å²) < 4.78 is 0. The van der Waals surface area contributed by atoms with Gasteiger partial charge in [-0.05, 0) is 22.8 Å². The molecule has 1 atom stereocenters. The molecule has 122 valence electrons. The molecule has 0 spiro atoms. The maximum Gasteiger partial charge on any atom is 0.0967 e. The summed E-state index contributed by atoms with van der Waals surface area (Å²) >= 11 is 0. The minimum Gasteiger partial charge on any atom is -0.302 e. The van der Waals surface area contributed by atoms with Crippen molar-refractivity contribution >= 4 is 6.08 Å². The third-order valence-corrected chi connectivity index (χ3v) is 4.05. The number of nitrogens with one attached hydrogen (secondary N) is 1. The predicted molar refractivity (Wildman–Crippen MR) is 102 cm³/mol. The Morgan fingerprint density at radius 2 is 1.40 bits per heavy atom. The van der Waals surface area contributed by atoms with Gasteiger partial charge in [-0.2, -0.15) is 5.26 Å². The van der Waals surface area contributed by atoms with Crippen LogP contribution in [0.15, 0.2) is 96.6 Å². The highest BCUT2D eigenvalue weighted by molar-refractivity contribution is 5.59. The molecule has 0 unspecified atom stereocenters. The SMILES string of the molecule is N#C/C(=C\c1ccccc1)[C@@H](NCc1ccccc1)c1ccccc1. The highest BCUT2D eigenvalue weighted by Crippen LogP contribution is 2.24. The van der Waals surface area contributed by atoms with Gasteiger partial charge in [0.25, 0.3) is 0 Å². The topological polar surface area (TPSA) is 35.8 Å². The molecule has 0 aliphatic rings. The first kappa shape index (κ1) is 16.7. The summed E-state index contributed by atoms with van der Waals surface area (Å²) in [5.41, 5.74) is 4.01. The Labute approximate surface area is 149 Å². The standard InChI is InChI=1S/C23H20N2/c24-17-22(16-19-10-4-1-5-11-19)23(21-14-8-3-9-15-21)25-18-20-12-6-2-7-13-20/h1-16,23,25H,18H2/b22-16+/t23-/m0/s1. The van der Waals surface area contributed by atoms with Gasteiger partial charge in [-0.25, -0.2) is 0 Å². The van der Waals surface area contributed by atoms with E-state index in [-0.39, 0.29) is 6.04 Å². The second-order valence-corrected chi connectivity index (χ2v) is 5.83. The third kappa shape index (κ3) is 4.67. The number of rotatable bonds is 6. The molecule has 0 heterocycles. The lowest BCUT2D eigenvalue weighted by atomic mass is 9.97. The zero-order valence-corrected chi connectivity index (χ0v) is 14.0. The van der Waals surface area contributed by atoms with Crippen LogP contribution in [0.4, 0.5) is 0 Å². The van der Waals surface area contributed by atoms with E-state index in [9.17, 15) is 5.26 Å². The van der Waals surface area contributed by atoms with E-state index in [1.54, 1.807) is 0 Å². The summed E-state index contributed by atoms with van der Waals surface area (Å²) in [7, 11) is 0. The van der Waals surface area contributed by atoms with Crippen LogP contribution < -0.4 is 5.32 Å². The number of hydrogen-bond acceptors (Lipinski definition) is 2. The van der Waals surface area contributed by atoms with Crippen LogP contribution in [0.3, 0.4) is 0 Å². The van der Waals surface area contributed by atoms with Gasteiger partial charge in [0.2, 0.25) is 0 Å². The summed E-state index contributed by atoms with van der Waals surface area (Å²) in [6.45, 7) is 0.703. The fraction of sp³-hybridized carbons (Fsp3) is 0.0870. The van der Waals surface area contributed by atoms with Crippen molar-refractivity contribution < 1.29 is 0 Å². The monoisotopic (exact) mass is 324 g/mol. The molecule has 0 aliphatic carbocycles. The van der Waals surface area contributed by atoms with E-state index in [1.165, 1.54) is 5.56 Å². The Morgan fingerprint density at radius 1 is 0.840 bits per heavy atom. The van der Waals surface area contributed by atoms with E-state index in [2.05, 4.69) is 35.7 Å². The minimum absolute atomic E-state index is 0.147. The lowest BCUT2D eigenvalue weighted by molar-refractivity contribution is 0.608. The molecule has 0 aromatic heterocycles. The first-order chi connectivity index (χ1) is 12.4. The van der Waals surface area contributed by atoms with Crippen LogP contribution in [0.2, 0.25) is 0 Å². The summed E-state index contributed by atoms with van der Waals surface area (Å²) in [6.07, 6.45) is 1.95. The van der Waals surface area contributed by atoms with Gasteiger partial charge in [-0.15, -0.1) is 0 Å². The molecular weight excluding hydrogens is 304 g/mol. The van der Waals surface area contributed by atoms with E-state index in [0.29, 0.717) is 12.1 Å². The average molecular weight is 324 g/mol. The van der Waals surface area contributed by atoms with Crippen LogP contribution in [-0.2, 0) is 6.54 Å². The van der Waals surface area contributed by atoms with Gasteiger partial charge in [0.15, 0.2) is 0 Å². The minimum atomic E-state index is -0.147. The van der Waals surface area contributed by atoms with Crippen LogP contribution in [0.5, 0.6) is 0 Å². The lowest BCUT2D eigenvalue weighted by Gasteiger charge is -2.19. The third-order valence-electron chi connectivity index (χ3n) is 4.05. The number of nitriles is 1. The molecule has 0 saturated carbocycles. The zero-order chi connectivity index (χ0) is 17.3. The highest BCUT2D eigenvalue weighted by Gasteiger charge is 2.16. The molecule has 3 rings (SSSR count). The molecule has 0 radical (unpaired) electrons. The molecule has 2 nitrogen and oxygen atoms in total. The van der Waals surface area contributed by atoms with Crippen LogP contribution in [0.1, 0.15) is 22.7 Å². The van der Waals surface area contributed by atoms with Crippen molar-refractivity contribution in [1.29, 1.82) is 5.26 Å². The van der Waals surface area contributed by atoms with Crippen molar-refractivity contribution in [3.05, 3.63) is 113 Å². The molecule has 2 heteroatoms. The Balaban J connectivity index is 1.90. The highest BCUT2D eigenvalue weighted by atomic mass is 14.9. The number of nitrogens with zero attached hydrogens (tertiary/aromatic N) is 1. The first-order valence-electron chi connectivity index (χ1n) is 8.36. The van der Waals surface area contributed by atoms with E-state index in [4.69, 9.17) is 0 Å². The molecule has 0 fully saturated rings. The van der Waals surface area contributed by atoms with Gasteiger partial charge in [-0.3, -0.25) is 0 Å². The molecule has 0 aliphatic heterocycles. The summed E-state index contributed by atoms with van der Waals surface area (Å²) in [4.78, 5) is 0. The molecular formula is C23H20N2. The second kappa shape index (κ2) is 8.63. The predicted octanol–water partition coefficient (Wildman–Crippen LogP) is 5.12. The average Bonchev–Trinajstić information content (AvgIpc) is 2.69. The maximum absolute atomic E-state index is 9.76. The maximum atomic E-state index is 9.76. The quantitative estimate of drug-likeness (QED) is 0.638. The fourth-order valence-corrected chi connectivity index (χ4v) is 2.78. The zero-order valence-electron chi connectivity index (χ0n) is 14.0. The van der Waals surface area contributed by atoms with Gasteiger partial charge in [0.05, 0.1) is 17.7 Å². The Hall–Kier alpha value is -3.15. The molecule has 25 heavy (non-hydrogen) atoms. The van der Waals surface area contributed by atoms with Crippen molar-refractivity contribution in [2.75, 3.05) is 0 Å². The normalized spacial score (nSPS) is 12.4. The lowest BCUT2D eigenvalue weighted by Crippen LogP contribution is -2.22. The van der Waals surface area contributed by atoms with Gasteiger partial charge in [0, 0.05) is 6.54 Å². The van der Waals surface area contributed by atoms with Gasteiger partial charge in [0.1, 0.15) is 0 Å².